The Kier molecular flexibility index (Phi) is 12.9. The third-order valence-electron chi connectivity index (χ3n) is 6.76. The van der Waals surface area contributed by atoms with Crippen LogP contribution in [0.4, 0.5) is 23.8 Å². The van der Waals surface area contributed by atoms with Gasteiger partial charge in [0.2, 0.25) is 35.6 Å². The van der Waals surface area contributed by atoms with Crippen molar-refractivity contribution in [1.29, 1.82) is 0 Å². The van der Waals surface area contributed by atoms with Crippen LogP contribution in [0, 0.1) is 6.92 Å². The van der Waals surface area contributed by atoms with Crippen LogP contribution in [0.15, 0.2) is 0 Å². The summed E-state index contributed by atoms with van der Waals surface area (Å²) in [5, 5.41) is 5.03. The van der Waals surface area contributed by atoms with Crippen molar-refractivity contribution in [2.45, 2.75) is 105 Å². The lowest BCUT2D eigenvalue weighted by Gasteiger charge is -2.30. The van der Waals surface area contributed by atoms with Gasteiger partial charge in [-0.1, -0.05) is 32.6 Å². The largest absolute Gasteiger partial charge is 0.341 e. The Morgan fingerprint density at radius 2 is 1.12 bits per heavy atom. The Morgan fingerprint density at radius 1 is 0.650 bits per heavy atom. The highest BCUT2D eigenvalue weighted by atomic mass is 16.2. The lowest BCUT2D eigenvalue weighted by molar-refractivity contribution is -0.115. The molecule has 0 radical (unpaired) electrons. The van der Waals surface area contributed by atoms with Gasteiger partial charge in [-0.3, -0.25) is 20.2 Å². The second kappa shape index (κ2) is 16.6. The molecule has 2 aliphatic rings. The van der Waals surface area contributed by atoms with Crippen molar-refractivity contribution in [2.75, 3.05) is 46.6 Å². The molecule has 2 aliphatic heterocycles. The summed E-state index contributed by atoms with van der Waals surface area (Å²) in [5.74, 6) is 3.01. The van der Waals surface area contributed by atoms with Gasteiger partial charge in [-0.25, -0.2) is 0 Å². The number of piperidine rings is 2. The van der Waals surface area contributed by atoms with E-state index >= 15 is 0 Å². The van der Waals surface area contributed by atoms with Crippen molar-refractivity contribution in [3.63, 3.8) is 0 Å². The third-order valence-corrected chi connectivity index (χ3v) is 6.76. The fraction of sp³-hybridized carbons (Fsp3) is 0.714. The zero-order valence-corrected chi connectivity index (χ0v) is 24.7. The summed E-state index contributed by atoms with van der Waals surface area (Å²) in [6, 6.07) is 0. The molecular weight excluding hydrogens is 508 g/mol. The Hall–Kier alpha value is -3.44. The average molecular weight is 555 g/mol. The quantitative estimate of drug-likeness (QED) is 0.404. The molecule has 2 fully saturated rings. The number of hydrogen-bond donors (Lipinski definition) is 2. The Balaban J connectivity index is 0.000000221. The molecule has 40 heavy (non-hydrogen) atoms. The summed E-state index contributed by atoms with van der Waals surface area (Å²) in [6.45, 7) is 11.3. The first kappa shape index (κ1) is 31.1. The van der Waals surface area contributed by atoms with Crippen LogP contribution in [0.1, 0.15) is 103 Å². The molecule has 12 nitrogen and oxygen atoms in total. The van der Waals surface area contributed by atoms with E-state index in [9.17, 15) is 9.59 Å². The van der Waals surface area contributed by atoms with Gasteiger partial charge in [0.1, 0.15) is 11.6 Å². The van der Waals surface area contributed by atoms with Crippen molar-refractivity contribution in [2.24, 2.45) is 0 Å². The predicted octanol–water partition coefficient (Wildman–Crippen LogP) is 4.46. The molecule has 220 valence electrons. The second-order valence-electron chi connectivity index (χ2n) is 10.5. The number of unbranched alkanes of at least 4 members (excludes halogenated alkanes) is 4. The molecule has 2 amide bonds. The summed E-state index contributed by atoms with van der Waals surface area (Å²) < 4.78 is 0. The van der Waals surface area contributed by atoms with E-state index < -0.39 is 0 Å². The van der Waals surface area contributed by atoms with Gasteiger partial charge in [0.15, 0.2) is 0 Å². The van der Waals surface area contributed by atoms with Crippen molar-refractivity contribution < 1.29 is 9.59 Å². The fourth-order valence-electron chi connectivity index (χ4n) is 4.77. The van der Waals surface area contributed by atoms with Gasteiger partial charge in [-0.05, 0) is 51.9 Å². The van der Waals surface area contributed by atoms with E-state index in [2.05, 4.69) is 52.3 Å². The van der Waals surface area contributed by atoms with Crippen molar-refractivity contribution >= 4 is 35.6 Å². The average Bonchev–Trinajstić information content (AvgIpc) is 2.93. The molecule has 4 heterocycles. The van der Waals surface area contributed by atoms with Gasteiger partial charge in [0.25, 0.3) is 0 Å². The molecule has 0 aromatic carbocycles. The molecule has 2 aromatic heterocycles. The summed E-state index contributed by atoms with van der Waals surface area (Å²) >= 11 is 0. The maximum Gasteiger partial charge on any atom is 0.234 e. The highest BCUT2D eigenvalue weighted by Gasteiger charge is 2.19. The number of anilines is 4. The van der Waals surface area contributed by atoms with E-state index in [-0.39, 0.29) is 23.7 Å². The lowest BCUT2D eigenvalue weighted by atomic mass is 10.1. The number of nitrogens with zero attached hydrogens (tertiary/aromatic N) is 8. The van der Waals surface area contributed by atoms with Gasteiger partial charge in [0, 0.05) is 46.4 Å². The van der Waals surface area contributed by atoms with E-state index in [0.717, 1.165) is 56.7 Å². The highest BCUT2D eigenvalue weighted by molar-refractivity contribution is 5.88. The molecule has 2 saturated heterocycles. The number of nitrogens with one attached hydrogen (secondary N) is 2. The normalized spacial score (nSPS) is 15.2. The van der Waals surface area contributed by atoms with Crippen LogP contribution in [-0.2, 0) is 16.0 Å². The number of aryl methyl sites for hydroxylation is 2. The summed E-state index contributed by atoms with van der Waals surface area (Å²) in [6.07, 6.45) is 14.1. The standard InChI is InChI=1S/C14H23N5O2.C14H23N5/c1-4-5-6-7-8-9-12-17-13(15-10(2)20)19-14(18-12)16-11(3)21;1-12-15-13(18-8-4-2-5-9-18)17-14(16-12)19-10-6-3-7-11-19/h4-9H2,1-3H3,(H2,15,16,17,18,19,20,21);2-11H2,1H3. The van der Waals surface area contributed by atoms with Gasteiger partial charge in [-0.2, -0.15) is 29.9 Å². The van der Waals surface area contributed by atoms with E-state index in [1.165, 1.54) is 71.6 Å². The molecule has 0 atom stereocenters. The monoisotopic (exact) mass is 554 g/mol. The molecule has 2 aromatic rings. The number of hydrogen-bond acceptors (Lipinski definition) is 10. The minimum absolute atomic E-state index is 0.171. The molecule has 0 bridgehead atoms. The lowest BCUT2D eigenvalue weighted by Crippen LogP contribution is -2.34. The number of aromatic nitrogens is 6. The van der Waals surface area contributed by atoms with Crippen molar-refractivity contribution in [3.05, 3.63) is 11.6 Å². The van der Waals surface area contributed by atoms with Crippen molar-refractivity contribution in [1.82, 2.24) is 29.9 Å². The zero-order chi connectivity index (χ0) is 28.7. The Labute approximate surface area is 238 Å². The van der Waals surface area contributed by atoms with E-state index in [1.807, 2.05) is 6.92 Å². The second-order valence-corrected chi connectivity index (χ2v) is 10.5. The molecule has 0 saturated carbocycles. The molecule has 2 N–H and O–H groups in total. The zero-order valence-electron chi connectivity index (χ0n) is 24.7. The summed E-state index contributed by atoms with van der Waals surface area (Å²) in [7, 11) is 0. The van der Waals surface area contributed by atoms with E-state index in [0.29, 0.717) is 12.2 Å². The molecule has 0 unspecified atom stereocenters. The SMILES string of the molecule is CCCCCCCc1nc(NC(C)=O)nc(NC(C)=O)n1.Cc1nc(N2CCCCC2)nc(N2CCCCC2)n1. The van der Waals surface area contributed by atoms with Gasteiger partial charge >= 0.3 is 0 Å². The Bertz CT molecular complexity index is 1010. The molecule has 4 rings (SSSR count). The van der Waals surface area contributed by atoms with Crippen LogP contribution in [0.2, 0.25) is 0 Å². The van der Waals surface area contributed by atoms with Crippen LogP contribution in [0.5, 0.6) is 0 Å². The first-order valence-corrected chi connectivity index (χ1v) is 14.9. The molecule has 0 aliphatic carbocycles. The fourth-order valence-corrected chi connectivity index (χ4v) is 4.77. The number of carbonyl (C=O) groups excluding carboxylic acids is 2. The van der Waals surface area contributed by atoms with E-state index in [4.69, 9.17) is 4.98 Å². The van der Waals surface area contributed by atoms with E-state index in [1.54, 1.807) is 0 Å². The molecule has 0 spiro atoms. The maximum atomic E-state index is 11.1. The van der Waals surface area contributed by atoms with Crippen LogP contribution in [-0.4, -0.2) is 67.9 Å². The van der Waals surface area contributed by atoms with Gasteiger partial charge < -0.3 is 9.80 Å². The predicted molar refractivity (Wildman–Crippen MR) is 158 cm³/mol. The van der Waals surface area contributed by atoms with Crippen LogP contribution < -0.4 is 20.4 Å². The van der Waals surface area contributed by atoms with Crippen molar-refractivity contribution in [3.8, 4) is 0 Å². The number of carbonyl (C=O) groups is 2. The first-order valence-electron chi connectivity index (χ1n) is 14.9. The van der Waals surface area contributed by atoms with Crippen LogP contribution in [0.25, 0.3) is 0 Å². The smallest absolute Gasteiger partial charge is 0.234 e. The first-order chi connectivity index (χ1) is 19.3. The number of rotatable bonds is 10. The maximum absolute atomic E-state index is 11.1. The third kappa shape index (κ3) is 11.0. The Morgan fingerprint density at radius 3 is 1.57 bits per heavy atom. The summed E-state index contributed by atoms with van der Waals surface area (Å²) in [5.41, 5.74) is 0. The number of amides is 2. The van der Waals surface area contributed by atoms with Gasteiger partial charge in [-0.15, -0.1) is 0 Å². The minimum Gasteiger partial charge on any atom is -0.341 e. The molecular formula is C28H46N10O2. The summed E-state index contributed by atoms with van der Waals surface area (Å²) in [4.78, 5) is 52.9. The minimum atomic E-state index is -0.260. The van der Waals surface area contributed by atoms with Crippen LogP contribution in [0.3, 0.4) is 0 Å². The highest BCUT2D eigenvalue weighted by Crippen LogP contribution is 2.20. The molecule has 12 heteroatoms. The topological polar surface area (TPSA) is 142 Å². The van der Waals surface area contributed by atoms with Gasteiger partial charge in [0.05, 0.1) is 0 Å². The van der Waals surface area contributed by atoms with Crippen LogP contribution >= 0.6 is 0 Å².